The standard InChI is InChI=1S/C19H28N6O3/c1-15-12-20-24(13-15)9-7-18(26)21-16-4-3-8-23(14-16)17-5-6-19(27)25(22-17)10-11-28-2/h5-6,12-13,16H,3-4,7-11,14H2,1-2H3,(H,21,26). The summed E-state index contributed by atoms with van der Waals surface area (Å²) in [5.41, 5.74) is 0.944. The van der Waals surface area contributed by atoms with Crippen LogP contribution in [0.3, 0.4) is 0 Å². The van der Waals surface area contributed by atoms with E-state index in [1.54, 1.807) is 24.1 Å². The molecule has 3 rings (SSSR count). The lowest BCUT2D eigenvalue weighted by Crippen LogP contribution is -2.48. The molecule has 1 fully saturated rings. The van der Waals surface area contributed by atoms with Crippen molar-refractivity contribution in [1.29, 1.82) is 0 Å². The Bertz CT molecular complexity index is 846. The number of amides is 1. The molecule has 28 heavy (non-hydrogen) atoms. The smallest absolute Gasteiger partial charge is 0.266 e. The van der Waals surface area contributed by atoms with Gasteiger partial charge in [0.1, 0.15) is 5.82 Å². The number of ether oxygens (including phenoxy) is 1. The van der Waals surface area contributed by atoms with Gasteiger partial charge >= 0.3 is 0 Å². The maximum atomic E-state index is 12.3. The van der Waals surface area contributed by atoms with E-state index in [2.05, 4.69) is 20.4 Å². The molecule has 1 aliphatic heterocycles. The molecule has 1 N–H and O–H groups in total. The van der Waals surface area contributed by atoms with Gasteiger partial charge in [-0.25, -0.2) is 4.68 Å². The molecule has 1 aliphatic rings. The van der Waals surface area contributed by atoms with Crippen LogP contribution in [-0.2, 0) is 22.6 Å². The second-order valence-corrected chi connectivity index (χ2v) is 7.13. The van der Waals surface area contributed by atoms with Crippen LogP contribution in [0.25, 0.3) is 0 Å². The van der Waals surface area contributed by atoms with E-state index in [9.17, 15) is 9.59 Å². The van der Waals surface area contributed by atoms with Gasteiger partial charge in [-0.1, -0.05) is 0 Å². The maximum Gasteiger partial charge on any atom is 0.266 e. The monoisotopic (exact) mass is 388 g/mol. The quantitative estimate of drug-likeness (QED) is 0.711. The van der Waals surface area contributed by atoms with Gasteiger partial charge in [0.15, 0.2) is 0 Å². The average molecular weight is 388 g/mol. The molecule has 0 aliphatic carbocycles. The van der Waals surface area contributed by atoms with Crippen molar-refractivity contribution in [3.63, 3.8) is 0 Å². The van der Waals surface area contributed by atoms with Crippen LogP contribution < -0.4 is 15.8 Å². The van der Waals surface area contributed by atoms with Crippen LogP contribution >= 0.6 is 0 Å². The molecule has 2 aromatic rings. The topological polar surface area (TPSA) is 94.3 Å². The number of piperidine rings is 1. The van der Waals surface area contributed by atoms with Crippen LogP contribution in [0.1, 0.15) is 24.8 Å². The summed E-state index contributed by atoms with van der Waals surface area (Å²) in [6, 6.07) is 3.35. The van der Waals surface area contributed by atoms with E-state index in [0.717, 1.165) is 30.8 Å². The van der Waals surface area contributed by atoms with Gasteiger partial charge in [-0.05, 0) is 31.4 Å². The molecule has 9 nitrogen and oxygen atoms in total. The Morgan fingerprint density at radius 2 is 2.21 bits per heavy atom. The number of aryl methyl sites for hydroxylation is 2. The van der Waals surface area contributed by atoms with E-state index < -0.39 is 0 Å². The summed E-state index contributed by atoms with van der Waals surface area (Å²) >= 11 is 0. The number of carbonyl (C=O) groups excluding carboxylic acids is 1. The molecular weight excluding hydrogens is 360 g/mol. The third-order valence-corrected chi connectivity index (χ3v) is 4.80. The minimum absolute atomic E-state index is 0.0260. The Kier molecular flexibility index (Phi) is 6.80. The Morgan fingerprint density at radius 1 is 1.36 bits per heavy atom. The van der Waals surface area contributed by atoms with Gasteiger partial charge < -0.3 is 15.0 Å². The van der Waals surface area contributed by atoms with Crippen molar-refractivity contribution < 1.29 is 9.53 Å². The second kappa shape index (κ2) is 9.50. The number of nitrogens with zero attached hydrogens (tertiary/aromatic N) is 5. The largest absolute Gasteiger partial charge is 0.383 e. The zero-order chi connectivity index (χ0) is 19.9. The third-order valence-electron chi connectivity index (χ3n) is 4.80. The lowest BCUT2D eigenvalue weighted by molar-refractivity contribution is -0.122. The number of aromatic nitrogens is 4. The highest BCUT2D eigenvalue weighted by molar-refractivity contribution is 5.76. The first-order valence-corrected chi connectivity index (χ1v) is 9.65. The number of carbonyl (C=O) groups is 1. The maximum absolute atomic E-state index is 12.3. The molecule has 1 saturated heterocycles. The van der Waals surface area contributed by atoms with Crippen LogP contribution in [0.5, 0.6) is 0 Å². The van der Waals surface area contributed by atoms with Crippen LogP contribution in [0, 0.1) is 6.92 Å². The molecule has 0 radical (unpaired) electrons. The first kappa shape index (κ1) is 20.1. The molecule has 9 heteroatoms. The van der Waals surface area contributed by atoms with Gasteiger partial charge in [0.2, 0.25) is 5.91 Å². The molecule has 0 bridgehead atoms. The second-order valence-electron chi connectivity index (χ2n) is 7.13. The van der Waals surface area contributed by atoms with Crippen molar-refractivity contribution in [3.8, 4) is 0 Å². The van der Waals surface area contributed by atoms with E-state index >= 15 is 0 Å². The minimum Gasteiger partial charge on any atom is -0.383 e. The fourth-order valence-electron chi connectivity index (χ4n) is 3.35. The van der Waals surface area contributed by atoms with Crippen molar-refractivity contribution >= 4 is 11.7 Å². The Morgan fingerprint density at radius 3 is 2.96 bits per heavy atom. The highest BCUT2D eigenvalue weighted by Gasteiger charge is 2.22. The molecule has 0 aromatic carbocycles. The van der Waals surface area contributed by atoms with Gasteiger partial charge in [-0.2, -0.15) is 10.2 Å². The molecule has 1 atom stereocenters. The Labute approximate surface area is 164 Å². The zero-order valence-electron chi connectivity index (χ0n) is 16.5. The Balaban J connectivity index is 1.54. The van der Waals surface area contributed by atoms with Crippen molar-refractivity contribution in [2.75, 3.05) is 31.7 Å². The number of hydrogen-bond acceptors (Lipinski definition) is 6. The summed E-state index contributed by atoms with van der Waals surface area (Å²) < 4.78 is 8.25. The van der Waals surface area contributed by atoms with Gasteiger partial charge in [0.25, 0.3) is 5.56 Å². The van der Waals surface area contributed by atoms with Crippen LogP contribution in [0.4, 0.5) is 5.82 Å². The lowest BCUT2D eigenvalue weighted by atomic mass is 10.1. The first-order chi connectivity index (χ1) is 13.5. The van der Waals surface area contributed by atoms with E-state index in [1.807, 2.05) is 13.1 Å². The molecule has 2 aromatic heterocycles. The van der Waals surface area contributed by atoms with Crippen molar-refractivity contribution in [1.82, 2.24) is 24.9 Å². The van der Waals surface area contributed by atoms with Crippen molar-refractivity contribution in [3.05, 3.63) is 40.4 Å². The molecule has 3 heterocycles. The van der Waals surface area contributed by atoms with E-state index in [0.29, 0.717) is 32.7 Å². The van der Waals surface area contributed by atoms with Crippen LogP contribution in [0.15, 0.2) is 29.3 Å². The predicted molar refractivity (Wildman–Crippen MR) is 105 cm³/mol. The number of methoxy groups -OCH3 is 1. The average Bonchev–Trinajstić information content (AvgIpc) is 3.11. The summed E-state index contributed by atoms with van der Waals surface area (Å²) in [7, 11) is 1.60. The van der Waals surface area contributed by atoms with Crippen LogP contribution in [-0.4, -0.2) is 58.3 Å². The molecular formula is C19H28N6O3. The summed E-state index contributed by atoms with van der Waals surface area (Å²) in [6.45, 7) is 4.94. The van der Waals surface area contributed by atoms with E-state index in [-0.39, 0.29) is 17.5 Å². The summed E-state index contributed by atoms with van der Waals surface area (Å²) in [6.07, 6.45) is 6.02. The van der Waals surface area contributed by atoms with Gasteiger partial charge in [0.05, 0.1) is 19.3 Å². The van der Waals surface area contributed by atoms with Crippen LogP contribution in [0.2, 0.25) is 0 Å². The number of nitrogens with one attached hydrogen (secondary N) is 1. The van der Waals surface area contributed by atoms with Crippen molar-refractivity contribution in [2.45, 2.75) is 45.3 Å². The predicted octanol–water partition coefficient (Wildman–Crippen LogP) is 0.570. The zero-order valence-corrected chi connectivity index (χ0v) is 16.5. The first-order valence-electron chi connectivity index (χ1n) is 9.65. The third kappa shape index (κ3) is 5.41. The normalized spacial score (nSPS) is 16.9. The summed E-state index contributed by atoms with van der Waals surface area (Å²) in [5.74, 6) is 0.777. The SMILES string of the molecule is COCCn1nc(N2CCCC(NC(=O)CCn3cc(C)cn3)C2)ccc1=O. The highest BCUT2D eigenvalue weighted by atomic mass is 16.5. The molecule has 1 unspecified atom stereocenters. The van der Waals surface area contributed by atoms with Gasteiger partial charge in [0, 0.05) is 51.5 Å². The highest BCUT2D eigenvalue weighted by Crippen LogP contribution is 2.16. The lowest BCUT2D eigenvalue weighted by Gasteiger charge is -2.34. The molecule has 1 amide bonds. The fraction of sp³-hybridized carbons (Fsp3) is 0.579. The van der Waals surface area contributed by atoms with Gasteiger partial charge in [-0.3, -0.25) is 14.3 Å². The minimum atomic E-state index is -0.142. The number of rotatable bonds is 8. The summed E-state index contributed by atoms with van der Waals surface area (Å²) in [4.78, 5) is 26.3. The number of anilines is 1. The fourth-order valence-corrected chi connectivity index (χ4v) is 3.35. The van der Waals surface area contributed by atoms with E-state index in [4.69, 9.17) is 4.74 Å². The van der Waals surface area contributed by atoms with Crippen molar-refractivity contribution in [2.24, 2.45) is 0 Å². The Hall–Kier alpha value is -2.68. The summed E-state index contributed by atoms with van der Waals surface area (Å²) in [5, 5.41) is 11.8. The number of hydrogen-bond donors (Lipinski definition) is 1. The molecule has 152 valence electrons. The van der Waals surface area contributed by atoms with Gasteiger partial charge in [-0.15, -0.1) is 0 Å². The molecule has 0 spiro atoms. The van der Waals surface area contributed by atoms with E-state index in [1.165, 1.54) is 10.7 Å². The molecule has 0 saturated carbocycles.